The van der Waals surface area contributed by atoms with Crippen LogP contribution in [0.2, 0.25) is 0 Å². The molecular formula is C14H18BrFN2O2. The zero-order valence-electron chi connectivity index (χ0n) is 11.4. The number of halogens is 2. The maximum absolute atomic E-state index is 13.1. The van der Waals surface area contributed by atoms with Gasteiger partial charge in [0.25, 0.3) is 0 Å². The van der Waals surface area contributed by atoms with Gasteiger partial charge in [-0.3, -0.25) is 0 Å². The summed E-state index contributed by atoms with van der Waals surface area (Å²) in [5.74, 6) is -0.315. The number of nitrogens with one attached hydrogen (secondary N) is 1. The third-order valence-electron chi connectivity index (χ3n) is 3.29. The summed E-state index contributed by atoms with van der Waals surface area (Å²) < 4.78 is 19.4. The number of amides is 2. The van der Waals surface area contributed by atoms with E-state index in [1.807, 2.05) is 0 Å². The Morgan fingerprint density at radius 3 is 3.10 bits per heavy atom. The van der Waals surface area contributed by atoms with E-state index >= 15 is 0 Å². The number of ether oxygens (including phenoxy) is 1. The van der Waals surface area contributed by atoms with Gasteiger partial charge < -0.3 is 15.0 Å². The second kappa shape index (κ2) is 7.04. The number of nitrogens with zero attached hydrogens (tertiary/aromatic N) is 1. The van der Waals surface area contributed by atoms with E-state index in [9.17, 15) is 9.18 Å². The minimum Gasteiger partial charge on any atom is -0.376 e. The molecule has 20 heavy (non-hydrogen) atoms. The van der Waals surface area contributed by atoms with Crippen LogP contribution in [0.5, 0.6) is 0 Å². The van der Waals surface area contributed by atoms with Crippen LogP contribution in [0.4, 0.5) is 9.18 Å². The van der Waals surface area contributed by atoms with Crippen molar-refractivity contribution in [2.24, 2.45) is 0 Å². The lowest BCUT2D eigenvalue weighted by Crippen LogP contribution is -2.40. The van der Waals surface area contributed by atoms with Crippen LogP contribution in [-0.2, 0) is 11.3 Å². The van der Waals surface area contributed by atoms with Gasteiger partial charge in [-0.05, 0) is 36.6 Å². The molecule has 1 aliphatic heterocycles. The van der Waals surface area contributed by atoms with Crippen molar-refractivity contribution < 1.29 is 13.9 Å². The Bertz CT molecular complexity index is 478. The highest BCUT2D eigenvalue weighted by Gasteiger charge is 2.19. The molecule has 0 unspecified atom stereocenters. The number of urea groups is 1. The van der Waals surface area contributed by atoms with E-state index in [1.54, 1.807) is 18.0 Å². The summed E-state index contributed by atoms with van der Waals surface area (Å²) in [4.78, 5) is 13.6. The van der Waals surface area contributed by atoms with E-state index in [2.05, 4.69) is 21.2 Å². The van der Waals surface area contributed by atoms with Crippen molar-refractivity contribution in [3.8, 4) is 0 Å². The average Bonchev–Trinajstić information content (AvgIpc) is 2.92. The lowest BCUT2D eigenvalue weighted by Gasteiger charge is -2.21. The van der Waals surface area contributed by atoms with E-state index in [0.29, 0.717) is 12.1 Å². The molecule has 4 nitrogen and oxygen atoms in total. The maximum atomic E-state index is 13.1. The SMILES string of the molecule is CN(C[C@@H]1CCCO1)C(=O)NCc1cc(F)ccc1Br. The highest BCUT2D eigenvalue weighted by Crippen LogP contribution is 2.17. The Kier molecular flexibility index (Phi) is 5.37. The zero-order valence-corrected chi connectivity index (χ0v) is 13.0. The molecule has 110 valence electrons. The van der Waals surface area contributed by atoms with E-state index in [-0.39, 0.29) is 24.5 Å². The molecule has 1 aromatic rings. The first kappa shape index (κ1) is 15.3. The van der Waals surface area contributed by atoms with Crippen molar-refractivity contribution in [1.29, 1.82) is 0 Å². The molecule has 1 aromatic carbocycles. The quantitative estimate of drug-likeness (QED) is 0.912. The second-order valence-electron chi connectivity index (χ2n) is 4.91. The van der Waals surface area contributed by atoms with Gasteiger partial charge in [0.1, 0.15) is 5.82 Å². The molecule has 6 heteroatoms. The average molecular weight is 345 g/mol. The zero-order chi connectivity index (χ0) is 14.5. The second-order valence-corrected chi connectivity index (χ2v) is 5.76. The van der Waals surface area contributed by atoms with Crippen molar-refractivity contribution in [2.45, 2.75) is 25.5 Å². The highest BCUT2D eigenvalue weighted by molar-refractivity contribution is 9.10. The van der Waals surface area contributed by atoms with Crippen molar-refractivity contribution in [1.82, 2.24) is 10.2 Å². The number of rotatable bonds is 4. The first-order valence-corrected chi connectivity index (χ1v) is 7.40. The Morgan fingerprint density at radius 2 is 2.40 bits per heavy atom. The summed E-state index contributed by atoms with van der Waals surface area (Å²) in [5.41, 5.74) is 0.712. The molecule has 1 aliphatic rings. The Hall–Kier alpha value is -1.14. The van der Waals surface area contributed by atoms with E-state index in [1.165, 1.54) is 12.1 Å². The predicted molar refractivity (Wildman–Crippen MR) is 77.9 cm³/mol. The van der Waals surface area contributed by atoms with E-state index in [4.69, 9.17) is 4.74 Å². The number of carbonyl (C=O) groups excluding carboxylic acids is 1. The molecular weight excluding hydrogens is 327 g/mol. The van der Waals surface area contributed by atoms with Gasteiger partial charge in [-0.1, -0.05) is 15.9 Å². The van der Waals surface area contributed by atoms with Crippen molar-refractivity contribution >= 4 is 22.0 Å². The van der Waals surface area contributed by atoms with Gasteiger partial charge in [-0.25, -0.2) is 9.18 Å². The Labute approximate surface area is 126 Å². The largest absolute Gasteiger partial charge is 0.376 e. The first-order chi connectivity index (χ1) is 9.56. The molecule has 2 rings (SSSR count). The number of hydrogen-bond acceptors (Lipinski definition) is 2. The molecule has 0 spiro atoms. The molecule has 0 radical (unpaired) electrons. The predicted octanol–water partition coefficient (Wildman–Crippen LogP) is 2.91. The number of carbonyl (C=O) groups is 1. The first-order valence-electron chi connectivity index (χ1n) is 6.61. The van der Waals surface area contributed by atoms with Crippen molar-refractivity contribution in [2.75, 3.05) is 20.2 Å². The third kappa shape index (κ3) is 4.18. The van der Waals surface area contributed by atoms with Crippen LogP contribution in [0.25, 0.3) is 0 Å². The van der Waals surface area contributed by atoms with Gasteiger partial charge in [0.2, 0.25) is 0 Å². The maximum Gasteiger partial charge on any atom is 0.317 e. The fourth-order valence-electron chi connectivity index (χ4n) is 2.16. The molecule has 0 aliphatic carbocycles. The minimum atomic E-state index is -0.315. The molecule has 1 N–H and O–H groups in total. The monoisotopic (exact) mass is 344 g/mol. The molecule has 2 amide bonds. The molecule has 0 saturated carbocycles. The smallest absolute Gasteiger partial charge is 0.317 e. The van der Waals surface area contributed by atoms with Crippen LogP contribution >= 0.6 is 15.9 Å². The van der Waals surface area contributed by atoms with E-state index in [0.717, 1.165) is 23.9 Å². The summed E-state index contributed by atoms with van der Waals surface area (Å²) in [5, 5.41) is 2.78. The lowest BCUT2D eigenvalue weighted by atomic mass is 10.2. The van der Waals surface area contributed by atoms with Gasteiger partial charge >= 0.3 is 6.03 Å². The lowest BCUT2D eigenvalue weighted by molar-refractivity contribution is 0.0874. The number of benzene rings is 1. The van der Waals surface area contributed by atoms with Crippen LogP contribution in [0.1, 0.15) is 18.4 Å². The van der Waals surface area contributed by atoms with Crippen LogP contribution in [0.15, 0.2) is 22.7 Å². The molecule has 1 saturated heterocycles. The minimum absolute atomic E-state index is 0.131. The summed E-state index contributed by atoms with van der Waals surface area (Å²) in [6, 6.07) is 4.23. The van der Waals surface area contributed by atoms with E-state index < -0.39 is 0 Å². The van der Waals surface area contributed by atoms with Crippen LogP contribution in [0.3, 0.4) is 0 Å². The van der Waals surface area contributed by atoms with Gasteiger partial charge in [0.05, 0.1) is 6.10 Å². The molecule has 1 atom stereocenters. The van der Waals surface area contributed by atoms with Gasteiger partial charge in [-0.15, -0.1) is 0 Å². The molecule has 1 heterocycles. The summed E-state index contributed by atoms with van der Waals surface area (Å²) in [6.45, 7) is 1.64. The fraction of sp³-hybridized carbons (Fsp3) is 0.500. The summed E-state index contributed by atoms with van der Waals surface area (Å²) in [7, 11) is 1.73. The Morgan fingerprint density at radius 1 is 1.60 bits per heavy atom. The fourth-order valence-corrected chi connectivity index (χ4v) is 2.55. The van der Waals surface area contributed by atoms with Gasteiger partial charge in [-0.2, -0.15) is 0 Å². The van der Waals surface area contributed by atoms with Crippen molar-refractivity contribution in [3.05, 3.63) is 34.1 Å². The molecule has 0 bridgehead atoms. The number of likely N-dealkylation sites (N-methyl/N-ethyl adjacent to an activating group) is 1. The third-order valence-corrected chi connectivity index (χ3v) is 4.06. The Balaban J connectivity index is 1.83. The number of hydrogen-bond donors (Lipinski definition) is 1. The standard InChI is InChI=1S/C14H18BrFN2O2/c1-18(9-12-3-2-6-20-12)14(19)17-8-10-7-11(16)4-5-13(10)15/h4-5,7,12H,2-3,6,8-9H2,1H3,(H,17,19)/t12-/m0/s1. The van der Waals surface area contributed by atoms with Gasteiger partial charge in [0, 0.05) is 31.2 Å². The topological polar surface area (TPSA) is 41.6 Å². The highest BCUT2D eigenvalue weighted by atomic mass is 79.9. The normalized spacial score (nSPS) is 18.1. The molecule has 0 aromatic heterocycles. The van der Waals surface area contributed by atoms with Crippen LogP contribution < -0.4 is 5.32 Å². The summed E-state index contributed by atoms with van der Waals surface area (Å²) >= 11 is 3.34. The van der Waals surface area contributed by atoms with Crippen LogP contribution in [-0.4, -0.2) is 37.2 Å². The summed E-state index contributed by atoms with van der Waals surface area (Å²) in [6.07, 6.45) is 2.18. The van der Waals surface area contributed by atoms with Gasteiger partial charge in [0.15, 0.2) is 0 Å². The van der Waals surface area contributed by atoms with Crippen LogP contribution in [0, 0.1) is 5.82 Å². The molecule has 1 fully saturated rings. The van der Waals surface area contributed by atoms with Crippen molar-refractivity contribution in [3.63, 3.8) is 0 Å².